The van der Waals surface area contributed by atoms with Crippen LogP contribution >= 0.6 is 15.9 Å². The maximum atomic E-state index is 11.3. The van der Waals surface area contributed by atoms with E-state index in [1.54, 1.807) is 13.0 Å². The quantitative estimate of drug-likeness (QED) is 0.640. The molecule has 70 valence electrons. The Morgan fingerprint density at radius 1 is 1.46 bits per heavy atom. The van der Waals surface area contributed by atoms with Gasteiger partial charge in [-0.2, -0.15) is 0 Å². The Morgan fingerprint density at radius 3 is 2.62 bits per heavy atom. The van der Waals surface area contributed by atoms with Crippen LogP contribution in [0.25, 0.3) is 0 Å². The molecule has 0 aromatic heterocycles. The highest BCUT2D eigenvalue weighted by atomic mass is 79.9. The number of benzene rings is 1. The van der Waals surface area contributed by atoms with Crippen LogP contribution in [0, 0.1) is 13.8 Å². The summed E-state index contributed by atoms with van der Waals surface area (Å²) in [7, 11) is 0. The van der Waals surface area contributed by atoms with E-state index >= 15 is 0 Å². The Balaban J connectivity index is 3.26. The van der Waals surface area contributed by atoms with Gasteiger partial charge in [-0.15, -0.1) is 0 Å². The standard InChI is InChI=1S/C10H11BrO2/c1-6-3-4-8(9(12)5-11)10(13)7(6)2/h3-4,13H,5H2,1-2H3. The van der Waals surface area contributed by atoms with Gasteiger partial charge in [0, 0.05) is 0 Å². The van der Waals surface area contributed by atoms with E-state index in [2.05, 4.69) is 15.9 Å². The third-order valence-electron chi connectivity index (χ3n) is 2.12. The molecule has 0 aliphatic rings. The molecule has 1 N–H and O–H groups in total. The minimum absolute atomic E-state index is 0.0967. The SMILES string of the molecule is Cc1ccc(C(=O)CBr)c(O)c1C. The first-order valence-corrected chi connectivity index (χ1v) is 5.08. The molecule has 2 nitrogen and oxygen atoms in total. The summed E-state index contributed by atoms with van der Waals surface area (Å²) in [6.45, 7) is 3.70. The molecule has 0 saturated carbocycles. The number of hydrogen-bond donors (Lipinski definition) is 1. The molecule has 0 atom stereocenters. The highest BCUT2D eigenvalue weighted by Crippen LogP contribution is 2.25. The second kappa shape index (κ2) is 3.92. The summed E-state index contributed by atoms with van der Waals surface area (Å²) in [5.41, 5.74) is 2.15. The molecule has 0 aliphatic carbocycles. The molecule has 1 aromatic rings. The molecule has 13 heavy (non-hydrogen) atoms. The van der Waals surface area contributed by atoms with Crippen molar-refractivity contribution < 1.29 is 9.90 Å². The van der Waals surface area contributed by atoms with Crippen molar-refractivity contribution >= 4 is 21.7 Å². The number of Topliss-reactive ketones (excluding diaryl/α,β-unsaturated/α-hetero) is 1. The molecule has 1 aromatic carbocycles. The number of carbonyl (C=O) groups excluding carboxylic acids is 1. The third kappa shape index (κ3) is 1.91. The van der Waals surface area contributed by atoms with Crippen molar-refractivity contribution in [1.29, 1.82) is 0 Å². The van der Waals surface area contributed by atoms with Gasteiger partial charge in [0.2, 0.25) is 0 Å². The number of aryl methyl sites for hydroxylation is 1. The maximum Gasteiger partial charge on any atom is 0.177 e. The topological polar surface area (TPSA) is 37.3 Å². The fourth-order valence-electron chi connectivity index (χ4n) is 1.10. The molecule has 0 radical (unpaired) electrons. The highest BCUT2D eigenvalue weighted by Gasteiger charge is 2.12. The molecule has 0 unspecified atom stereocenters. The van der Waals surface area contributed by atoms with Crippen LogP contribution in [-0.2, 0) is 0 Å². The Kier molecular flexibility index (Phi) is 3.09. The molecule has 1 rings (SSSR count). The molecular formula is C10H11BrO2. The summed E-state index contributed by atoms with van der Waals surface area (Å²) in [5, 5.41) is 9.88. The van der Waals surface area contributed by atoms with E-state index in [-0.39, 0.29) is 16.9 Å². The van der Waals surface area contributed by atoms with Crippen LogP contribution in [0.4, 0.5) is 0 Å². The first-order chi connectivity index (χ1) is 6.07. The van der Waals surface area contributed by atoms with Crippen LogP contribution in [0.2, 0.25) is 0 Å². The minimum Gasteiger partial charge on any atom is -0.507 e. The van der Waals surface area contributed by atoms with Gasteiger partial charge in [-0.3, -0.25) is 4.79 Å². The zero-order chi connectivity index (χ0) is 10.0. The predicted molar refractivity (Wildman–Crippen MR) is 55.7 cm³/mol. The zero-order valence-corrected chi connectivity index (χ0v) is 9.18. The van der Waals surface area contributed by atoms with Gasteiger partial charge in [0.05, 0.1) is 10.9 Å². The maximum absolute atomic E-state index is 11.3. The number of alkyl halides is 1. The van der Waals surface area contributed by atoms with Gasteiger partial charge in [-0.05, 0) is 31.0 Å². The summed E-state index contributed by atoms with van der Waals surface area (Å²) in [6, 6.07) is 3.49. The molecule has 3 heteroatoms. The van der Waals surface area contributed by atoms with Crippen molar-refractivity contribution in [3.8, 4) is 5.75 Å². The van der Waals surface area contributed by atoms with Gasteiger partial charge >= 0.3 is 0 Å². The molecule has 0 heterocycles. The van der Waals surface area contributed by atoms with Crippen LogP contribution in [0.15, 0.2) is 12.1 Å². The van der Waals surface area contributed by atoms with Crippen LogP contribution in [0.5, 0.6) is 5.75 Å². The number of phenols is 1. The van der Waals surface area contributed by atoms with Crippen molar-refractivity contribution in [2.45, 2.75) is 13.8 Å². The fourth-order valence-corrected chi connectivity index (χ4v) is 1.40. The smallest absolute Gasteiger partial charge is 0.177 e. The largest absolute Gasteiger partial charge is 0.507 e. The van der Waals surface area contributed by atoms with Gasteiger partial charge in [0.1, 0.15) is 5.75 Å². The van der Waals surface area contributed by atoms with Crippen molar-refractivity contribution in [1.82, 2.24) is 0 Å². The van der Waals surface area contributed by atoms with Crippen LogP contribution in [0.3, 0.4) is 0 Å². The Bertz CT molecular complexity index is 345. The molecule has 0 amide bonds. The molecule has 0 fully saturated rings. The van der Waals surface area contributed by atoms with E-state index in [0.29, 0.717) is 5.56 Å². The van der Waals surface area contributed by atoms with Crippen molar-refractivity contribution in [3.05, 3.63) is 28.8 Å². The van der Waals surface area contributed by atoms with Gasteiger partial charge in [-0.25, -0.2) is 0 Å². The lowest BCUT2D eigenvalue weighted by atomic mass is 10.0. The Labute approximate surface area is 85.7 Å². The number of aromatic hydroxyl groups is 1. The minimum atomic E-state index is -0.0967. The van der Waals surface area contributed by atoms with Gasteiger partial charge in [0.15, 0.2) is 5.78 Å². The van der Waals surface area contributed by atoms with Crippen molar-refractivity contribution in [2.24, 2.45) is 0 Å². The number of rotatable bonds is 2. The molecule has 0 bridgehead atoms. The number of phenolic OH excluding ortho intramolecular Hbond substituents is 1. The average Bonchev–Trinajstić information content (AvgIpc) is 2.13. The summed E-state index contributed by atoms with van der Waals surface area (Å²) < 4.78 is 0. The van der Waals surface area contributed by atoms with E-state index in [0.717, 1.165) is 11.1 Å². The van der Waals surface area contributed by atoms with E-state index < -0.39 is 0 Å². The predicted octanol–water partition coefficient (Wildman–Crippen LogP) is 2.59. The lowest BCUT2D eigenvalue weighted by Crippen LogP contribution is -2.01. The lowest BCUT2D eigenvalue weighted by molar-refractivity contribution is 0.102. The summed E-state index contributed by atoms with van der Waals surface area (Å²) in [6.07, 6.45) is 0. The van der Waals surface area contributed by atoms with Crippen molar-refractivity contribution in [2.75, 3.05) is 5.33 Å². The summed E-state index contributed by atoms with van der Waals surface area (Å²) in [4.78, 5) is 11.3. The monoisotopic (exact) mass is 242 g/mol. The average molecular weight is 243 g/mol. The van der Waals surface area contributed by atoms with Crippen LogP contribution in [-0.4, -0.2) is 16.2 Å². The van der Waals surface area contributed by atoms with Gasteiger partial charge in [0.25, 0.3) is 0 Å². The summed E-state index contributed by atoms with van der Waals surface area (Å²) in [5.74, 6) is 0.00468. The Morgan fingerprint density at radius 2 is 2.08 bits per heavy atom. The van der Waals surface area contributed by atoms with Crippen LogP contribution in [0.1, 0.15) is 21.5 Å². The molecule has 0 spiro atoms. The highest BCUT2D eigenvalue weighted by molar-refractivity contribution is 9.09. The van der Waals surface area contributed by atoms with Gasteiger partial charge < -0.3 is 5.11 Å². The summed E-state index contributed by atoms with van der Waals surface area (Å²) >= 11 is 3.07. The molecule has 0 aliphatic heterocycles. The normalized spacial score (nSPS) is 10.1. The zero-order valence-electron chi connectivity index (χ0n) is 7.60. The first kappa shape index (κ1) is 10.3. The van der Waals surface area contributed by atoms with E-state index in [1.807, 2.05) is 13.0 Å². The lowest BCUT2D eigenvalue weighted by Gasteiger charge is -2.07. The van der Waals surface area contributed by atoms with E-state index in [9.17, 15) is 9.90 Å². The molecule has 0 saturated heterocycles. The number of hydrogen-bond acceptors (Lipinski definition) is 2. The number of halogens is 1. The van der Waals surface area contributed by atoms with Gasteiger partial charge in [-0.1, -0.05) is 22.0 Å². The number of ketones is 1. The van der Waals surface area contributed by atoms with E-state index in [1.165, 1.54) is 0 Å². The van der Waals surface area contributed by atoms with E-state index in [4.69, 9.17) is 0 Å². The second-order valence-electron chi connectivity index (χ2n) is 2.96. The van der Waals surface area contributed by atoms with Crippen molar-refractivity contribution in [3.63, 3.8) is 0 Å². The number of carbonyl (C=O) groups is 1. The fraction of sp³-hybridized carbons (Fsp3) is 0.300. The first-order valence-electron chi connectivity index (χ1n) is 3.96. The molecular weight excluding hydrogens is 232 g/mol. The second-order valence-corrected chi connectivity index (χ2v) is 3.52. The Hall–Kier alpha value is -0.830. The third-order valence-corrected chi connectivity index (χ3v) is 2.63. The van der Waals surface area contributed by atoms with Crippen LogP contribution < -0.4 is 0 Å².